The van der Waals surface area contributed by atoms with E-state index in [1.807, 2.05) is 43.3 Å². The van der Waals surface area contributed by atoms with Gasteiger partial charge in [-0.05, 0) is 48.9 Å². The lowest BCUT2D eigenvalue weighted by Gasteiger charge is -2.07. The molecule has 1 atom stereocenters. The van der Waals surface area contributed by atoms with Crippen LogP contribution >= 0.6 is 11.8 Å². The van der Waals surface area contributed by atoms with Crippen molar-refractivity contribution in [3.63, 3.8) is 0 Å². The molecule has 0 spiro atoms. The van der Waals surface area contributed by atoms with E-state index >= 15 is 0 Å². The molecule has 0 amide bonds. The highest BCUT2D eigenvalue weighted by molar-refractivity contribution is 7.99. The fraction of sp³-hybridized carbons (Fsp3) is 0.200. The molecular formula is C15H17NO2S2. The second-order valence-corrected chi connectivity index (χ2v) is 7.87. The zero-order valence-electron chi connectivity index (χ0n) is 11.4. The van der Waals surface area contributed by atoms with Gasteiger partial charge in [0.2, 0.25) is 0 Å². The van der Waals surface area contributed by atoms with Crippen LogP contribution in [0.5, 0.6) is 0 Å². The largest absolute Gasteiger partial charge is 0.324 e. The molecule has 2 aromatic carbocycles. The molecule has 0 radical (unpaired) electrons. The molecule has 106 valence electrons. The summed E-state index contributed by atoms with van der Waals surface area (Å²) in [4.78, 5) is 2.45. The van der Waals surface area contributed by atoms with Crippen LogP contribution in [0.1, 0.15) is 18.5 Å². The van der Waals surface area contributed by atoms with Gasteiger partial charge in [0.25, 0.3) is 0 Å². The molecule has 0 saturated carbocycles. The smallest absolute Gasteiger partial charge is 0.175 e. The van der Waals surface area contributed by atoms with Gasteiger partial charge < -0.3 is 5.73 Å². The van der Waals surface area contributed by atoms with Crippen molar-refractivity contribution in [2.45, 2.75) is 27.7 Å². The van der Waals surface area contributed by atoms with E-state index in [9.17, 15) is 8.42 Å². The molecule has 20 heavy (non-hydrogen) atoms. The highest BCUT2D eigenvalue weighted by atomic mass is 32.2. The first-order chi connectivity index (χ1) is 9.36. The maximum Gasteiger partial charge on any atom is 0.175 e. The monoisotopic (exact) mass is 307 g/mol. The molecule has 2 N–H and O–H groups in total. The van der Waals surface area contributed by atoms with E-state index in [0.29, 0.717) is 4.90 Å². The third-order valence-corrected chi connectivity index (χ3v) is 5.04. The van der Waals surface area contributed by atoms with Crippen molar-refractivity contribution in [3.05, 3.63) is 54.1 Å². The van der Waals surface area contributed by atoms with Crippen molar-refractivity contribution in [3.8, 4) is 0 Å². The van der Waals surface area contributed by atoms with Gasteiger partial charge in [-0.2, -0.15) is 0 Å². The fourth-order valence-corrected chi connectivity index (χ4v) is 3.18. The summed E-state index contributed by atoms with van der Waals surface area (Å²) in [6.45, 7) is 1.95. The molecule has 0 saturated heterocycles. The Hall–Kier alpha value is -1.30. The molecule has 0 aromatic heterocycles. The second-order valence-electron chi connectivity index (χ2n) is 4.70. The summed E-state index contributed by atoms with van der Waals surface area (Å²) in [5, 5.41) is 0. The van der Waals surface area contributed by atoms with Crippen LogP contribution in [0.2, 0.25) is 0 Å². The summed E-state index contributed by atoms with van der Waals surface area (Å²) in [6.07, 6.45) is 1.21. The van der Waals surface area contributed by atoms with Gasteiger partial charge in [0.1, 0.15) is 0 Å². The normalized spacial score (nSPS) is 13.2. The third-order valence-electron chi connectivity index (χ3n) is 2.89. The Morgan fingerprint density at radius 2 is 1.40 bits per heavy atom. The highest BCUT2D eigenvalue weighted by Gasteiger charge is 2.07. The minimum atomic E-state index is -3.13. The van der Waals surface area contributed by atoms with Crippen LogP contribution in [0, 0.1) is 0 Å². The zero-order valence-corrected chi connectivity index (χ0v) is 13.0. The molecule has 0 aliphatic rings. The van der Waals surface area contributed by atoms with Gasteiger partial charge in [0, 0.05) is 22.1 Å². The van der Waals surface area contributed by atoms with Crippen molar-refractivity contribution in [2.24, 2.45) is 5.73 Å². The van der Waals surface area contributed by atoms with Crippen molar-refractivity contribution in [1.82, 2.24) is 0 Å². The van der Waals surface area contributed by atoms with Gasteiger partial charge in [-0.3, -0.25) is 0 Å². The average molecular weight is 307 g/mol. The Labute approximate surface area is 124 Å². The number of rotatable bonds is 4. The lowest BCUT2D eigenvalue weighted by atomic mass is 10.1. The quantitative estimate of drug-likeness (QED) is 0.942. The van der Waals surface area contributed by atoms with E-state index in [-0.39, 0.29) is 6.04 Å². The van der Waals surface area contributed by atoms with Gasteiger partial charge in [0.15, 0.2) is 9.84 Å². The molecule has 0 unspecified atom stereocenters. The van der Waals surface area contributed by atoms with E-state index in [1.165, 1.54) is 6.26 Å². The summed E-state index contributed by atoms with van der Waals surface area (Å²) >= 11 is 1.59. The predicted molar refractivity (Wildman–Crippen MR) is 82.7 cm³/mol. The molecule has 0 heterocycles. The zero-order chi connectivity index (χ0) is 14.8. The first-order valence-corrected chi connectivity index (χ1v) is 8.90. The van der Waals surface area contributed by atoms with Crippen LogP contribution in [0.4, 0.5) is 0 Å². The summed E-state index contributed by atoms with van der Waals surface area (Å²) in [5.74, 6) is 0. The summed E-state index contributed by atoms with van der Waals surface area (Å²) in [7, 11) is -3.13. The van der Waals surface area contributed by atoms with Gasteiger partial charge in [-0.25, -0.2) is 8.42 Å². The van der Waals surface area contributed by atoms with Crippen LogP contribution in [-0.4, -0.2) is 14.7 Å². The van der Waals surface area contributed by atoms with Gasteiger partial charge in [0.05, 0.1) is 4.90 Å². The van der Waals surface area contributed by atoms with Crippen molar-refractivity contribution < 1.29 is 8.42 Å². The summed E-state index contributed by atoms with van der Waals surface area (Å²) in [6, 6.07) is 15.0. The van der Waals surface area contributed by atoms with Gasteiger partial charge in [-0.1, -0.05) is 23.9 Å². The molecule has 0 fully saturated rings. The molecule has 3 nitrogen and oxygen atoms in total. The Kier molecular flexibility index (Phi) is 4.52. The topological polar surface area (TPSA) is 60.2 Å². The Balaban J connectivity index is 2.14. The Morgan fingerprint density at radius 3 is 1.80 bits per heavy atom. The van der Waals surface area contributed by atoms with Crippen LogP contribution in [-0.2, 0) is 9.84 Å². The molecule has 2 aromatic rings. The fourth-order valence-electron chi connectivity index (χ4n) is 1.73. The first kappa shape index (κ1) is 15.1. The minimum absolute atomic E-state index is 0.0306. The van der Waals surface area contributed by atoms with E-state index < -0.39 is 9.84 Å². The average Bonchev–Trinajstić information content (AvgIpc) is 2.39. The first-order valence-electron chi connectivity index (χ1n) is 6.20. The van der Waals surface area contributed by atoms with Gasteiger partial charge in [-0.15, -0.1) is 0 Å². The number of sulfone groups is 1. The van der Waals surface area contributed by atoms with Crippen molar-refractivity contribution in [1.29, 1.82) is 0 Å². The van der Waals surface area contributed by atoms with Gasteiger partial charge >= 0.3 is 0 Å². The van der Waals surface area contributed by atoms with Crippen LogP contribution in [0.3, 0.4) is 0 Å². The molecule has 2 rings (SSSR count). The SMILES string of the molecule is C[C@H](N)c1ccc(Sc2ccc(S(C)(=O)=O)cc2)cc1. The Bertz CT molecular complexity index is 675. The maximum absolute atomic E-state index is 11.4. The summed E-state index contributed by atoms with van der Waals surface area (Å²) < 4.78 is 22.8. The van der Waals surface area contributed by atoms with E-state index in [2.05, 4.69) is 0 Å². The highest BCUT2D eigenvalue weighted by Crippen LogP contribution is 2.29. The van der Waals surface area contributed by atoms with E-state index in [0.717, 1.165) is 15.4 Å². The standard InChI is InChI=1S/C15H17NO2S2/c1-11(16)12-3-5-13(6-4-12)19-14-7-9-15(10-8-14)20(2,17)18/h3-11H,16H2,1-2H3/t11-/m0/s1. The van der Waals surface area contributed by atoms with Crippen molar-refractivity contribution in [2.75, 3.05) is 6.26 Å². The predicted octanol–water partition coefficient (Wildman–Crippen LogP) is 3.26. The van der Waals surface area contributed by atoms with E-state index in [4.69, 9.17) is 5.73 Å². The number of hydrogen-bond donors (Lipinski definition) is 1. The molecule has 5 heteroatoms. The van der Waals surface area contributed by atoms with Crippen LogP contribution in [0.15, 0.2) is 63.2 Å². The van der Waals surface area contributed by atoms with Crippen LogP contribution < -0.4 is 5.73 Å². The van der Waals surface area contributed by atoms with E-state index in [1.54, 1.807) is 23.9 Å². The van der Waals surface area contributed by atoms with Crippen LogP contribution in [0.25, 0.3) is 0 Å². The molecular weight excluding hydrogens is 290 g/mol. The number of nitrogens with two attached hydrogens (primary N) is 1. The molecule has 0 aliphatic carbocycles. The Morgan fingerprint density at radius 1 is 0.950 bits per heavy atom. The molecule has 0 aliphatic heterocycles. The third kappa shape index (κ3) is 3.85. The van der Waals surface area contributed by atoms with Crippen molar-refractivity contribution >= 4 is 21.6 Å². The number of benzene rings is 2. The number of hydrogen-bond acceptors (Lipinski definition) is 4. The summed E-state index contributed by atoms with van der Waals surface area (Å²) in [5.41, 5.74) is 6.91. The maximum atomic E-state index is 11.4. The lowest BCUT2D eigenvalue weighted by molar-refractivity contribution is 0.602. The lowest BCUT2D eigenvalue weighted by Crippen LogP contribution is -2.04. The minimum Gasteiger partial charge on any atom is -0.324 e. The molecule has 0 bridgehead atoms. The second kappa shape index (κ2) is 5.99.